The Hall–Kier alpha value is -0.600. The van der Waals surface area contributed by atoms with Crippen LogP contribution >= 0.6 is 0 Å². The lowest BCUT2D eigenvalue weighted by Gasteiger charge is -2.23. The van der Waals surface area contributed by atoms with E-state index in [4.69, 9.17) is 0 Å². The smallest absolute Gasteiger partial charge is 0.259 e. The van der Waals surface area contributed by atoms with Crippen LogP contribution in [0.25, 0.3) is 0 Å². The maximum Gasteiger partial charge on any atom is 0.259 e. The highest BCUT2D eigenvalue weighted by Gasteiger charge is 2.42. The largest absolute Gasteiger partial charge is 0.339 e. The van der Waals surface area contributed by atoms with Gasteiger partial charge >= 0.3 is 0 Å². The predicted octanol–water partition coefficient (Wildman–Crippen LogP) is 1.99. The van der Waals surface area contributed by atoms with Gasteiger partial charge in [-0.2, -0.15) is 0 Å². The first-order valence-electron chi connectivity index (χ1n) is 5.47. The van der Waals surface area contributed by atoms with Crippen molar-refractivity contribution in [3.05, 3.63) is 0 Å². The zero-order valence-electron chi connectivity index (χ0n) is 8.92. The number of hydrogen-bond donors (Lipinski definition) is 0. The van der Waals surface area contributed by atoms with Crippen molar-refractivity contribution >= 4 is 5.91 Å². The van der Waals surface area contributed by atoms with E-state index in [0.29, 0.717) is 11.8 Å². The van der Waals surface area contributed by atoms with E-state index in [2.05, 4.69) is 0 Å². The summed E-state index contributed by atoms with van der Waals surface area (Å²) >= 11 is 0. The summed E-state index contributed by atoms with van der Waals surface area (Å²) in [6, 6.07) is 0. The summed E-state index contributed by atoms with van der Waals surface area (Å²) < 4.78 is 13.4. The molecule has 0 radical (unpaired) electrons. The first-order chi connectivity index (χ1) is 6.48. The standard InChI is InChI=1S/C11H18FNO/c1-11(2,12)10(14)13-6-8-4-3-5-9(8)7-13/h8-9H,3-7H2,1-2H3. The number of alkyl halides is 1. The second-order valence-corrected chi connectivity index (χ2v) is 5.13. The van der Waals surface area contributed by atoms with Crippen molar-refractivity contribution in [1.29, 1.82) is 0 Å². The third kappa shape index (κ3) is 1.64. The van der Waals surface area contributed by atoms with Crippen LogP contribution < -0.4 is 0 Å². The highest BCUT2D eigenvalue weighted by Crippen LogP contribution is 2.38. The first kappa shape index (κ1) is 9.94. The van der Waals surface area contributed by atoms with Crippen LogP contribution in [0.15, 0.2) is 0 Å². The predicted molar refractivity (Wildman–Crippen MR) is 52.6 cm³/mol. The van der Waals surface area contributed by atoms with Gasteiger partial charge < -0.3 is 4.90 Å². The summed E-state index contributed by atoms with van der Waals surface area (Å²) in [6.07, 6.45) is 3.73. The molecule has 0 bridgehead atoms. The molecule has 2 atom stereocenters. The van der Waals surface area contributed by atoms with Gasteiger partial charge in [-0.1, -0.05) is 6.42 Å². The maximum atomic E-state index is 13.4. The summed E-state index contributed by atoms with van der Waals surface area (Å²) in [4.78, 5) is 13.4. The van der Waals surface area contributed by atoms with E-state index in [1.165, 1.54) is 33.1 Å². The van der Waals surface area contributed by atoms with Crippen LogP contribution in [0.2, 0.25) is 0 Å². The van der Waals surface area contributed by atoms with E-state index < -0.39 is 5.67 Å². The van der Waals surface area contributed by atoms with Gasteiger partial charge in [0.1, 0.15) is 0 Å². The summed E-state index contributed by atoms with van der Waals surface area (Å²) in [5.41, 5.74) is -1.70. The van der Waals surface area contributed by atoms with Gasteiger partial charge in [0.2, 0.25) is 0 Å². The zero-order chi connectivity index (χ0) is 10.3. The number of amides is 1. The van der Waals surface area contributed by atoms with Crippen LogP contribution in [0.4, 0.5) is 4.39 Å². The van der Waals surface area contributed by atoms with Crippen molar-refractivity contribution in [2.75, 3.05) is 13.1 Å². The van der Waals surface area contributed by atoms with Crippen molar-refractivity contribution in [2.45, 2.75) is 38.8 Å². The van der Waals surface area contributed by atoms with Gasteiger partial charge in [-0.05, 0) is 38.5 Å². The molecule has 1 amide bonds. The summed E-state index contributed by atoms with van der Waals surface area (Å²) in [5, 5.41) is 0. The van der Waals surface area contributed by atoms with Crippen LogP contribution in [0.5, 0.6) is 0 Å². The fraction of sp³-hybridized carbons (Fsp3) is 0.909. The van der Waals surface area contributed by atoms with Crippen LogP contribution in [-0.2, 0) is 4.79 Å². The molecule has 2 rings (SSSR count). The molecule has 0 aromatic heterocycles. The van der Waals surface area contributed by atoms with E-state index >= 15 is 0 Å². The van der Waals surface area contributed by atoms with Gasteiger partial charge in [0.05, 0.1) is 0 Å². The number of carbonyl (C=O) groups excluding carboxylic acids is 1. The summed E-state index contributed by atoms with van der Waals surface area (Å²) in [5.74, 6) is 0.981. The van der Waals surface area contributed by atoms with Gasteiger partial charge in [-0.25, -0.2) is 4.39 Å². The van der Waals surface area contributed by atoms with Crippen molar-refractivity contribution in [3.8, 4) is 0 Å². The average Bonchev–Trinajstić information content (AvgIpc) is 2.58. The van der Waals surface area contributed by atoms with Gasteiger partial charge in [-0.3, -0.25) is 4.79 Å². The van der Waals surface area contributed by atoms with Gasteiger partial charge in [0.25, 0.3) is 5.91 Å². The molecule has 2 aliphatic rings. The fourth-order valence-corrected chi connectivity index (χ4v) is 2.78. The van der Waals surface area contributed by atoms with Crippen LogP contribution in [0.1, 0.15) is 33.1 Å². The molecule has 2 nitrogen and oxygen atoms in total. The minimum atomic E-state index is -1.70. The lowest BCUT2D eigenvalue weighted by molar-refractivity contribution is -0.141. The van der Waals surface area contributed by atoms with Crippen molar-refractivity contribution in [1.82, 2.24) is 4.90 Å². The topological polar surface area (TPSA) is 20.3 Å². The van der Waals surface area contributed by atoms with E-state index in [0.717, 1.165) is 13.1 Å². The highest BCUT2D eigenvalue weighted by molar-refractivity contribution is 5.84. The first-order valence-corrected chi connectivity index (χ1v) is 5.47. The number of rotatable bonds is 1. The third-order valence-electron chi connectivity index (χ3n) is 3.52. The molecule has 1 aliphatic heterocycles. The van der Waals surface area contributed by atoms with Gasteiger partial charge in [-0.15, -0.1) is 0 Å². The average molecular weight is 199 g/mol. The van der Waals surface area contributed by atoms with E-state index in [1.807, 2.05) is 0 Å². The monoisotopic (exact) mass is 199 g/mol. The Kier molecular flexibility index (Phi) is 2.28. The SMILES string of the molecule is CC(C)(F)C(=O)N1CC2CCCC2C1. The molecule has 0 spiro atoms. The number of hydrogen-bond acceptors (Lipinski definition) is 1. The lowest BCUT2D eigenvalue weighted by atomic mass is 10.0. The Labute approximate surface area is 84.5 Å². The van der Waals surface area contributed by atoms with Gasteiger partial charge in [0, 0.05) is 13.1 Å². The molecule has 0 N–H and O–H groups in total. The molecule has 3 heteroatoms. The van der Waals surface area contributed by atoms with Crippen molar-refractivity contribution in [3.63, 3.8) is 0 Å². The minimum Gasteiger partial charge on any atom is -0.339 e. The molecule has 80 valence electrons. The summed E-state index contributed by atoms with van der Waals surface area (Å²) in [7, 11) is 0. The maximum absolute atomic E-state index is 13.4. The fourth-order valence-electron chi connectivity index (χ4n) is 2.78. The molecule has 1 heterocycles. The normalized spacial score (nSPS) is 32.1. The molecule has 1 aliphatic carbocycles. The number of carbonyl (C=O) groups is 1. The molecular formula is C11H18FNO. The minimum absolute atomic E-state index is 0.327. The Morgan fingerprint density at radius 1 is 1.29 bits per heavy atom. The second kappa shape index (κ2) is 3.21. The number of likely N-dealkylation sites (tertiary alicyclic amines) is 1. The van der Waals surface area contributed by atoms with E-state index in [1.54, 1.807) is 4.90 Å². The van der Waals surface area contributed by atoms with Crippen LogP contribution in [0, 0.1) is 11.8 Å². The second-order valence-electron chi connectivity index (χ2n) is 5.13. The Morgan fingerprint density at radius 2 is 1.79 bits per heavy atom. The summed E-state index contributed by atoms with van der Waals surface area (Å²) in [6.45, 7) is 4.28. The number of nitrogens with zero attached hydrogens (tertiary/aromatic N) is 1. The Morgan fingerprint density at radius 3 is 2.21 bits per heavy atom. The Balaban J connectivity index is 1.99. The van der Waals surface area contributed by atoms with Gasteiger partial charge in [0.15, 0.2) is 5.67 Å². The Bertz CT molecular complexity index is 234. The quantitative estimate of drug-likeness (QED) is 0.632. The highest BCUT2D eigenvalue weighted by atomic mass is 19.1. The third-order valence-corrected chi connectivity index (χ3v) is 3.52. The molecule has 1 saturated heterocycles. The van der Waals surface area contributed by atoms with Crippen molar-refractivity contribution in [2.24, 2.45) is 11.8 Å². The number of fused-ring (bicyclic) bond motifs is 1. The number of halogens is 1. The molecule has 14 heavy (non-hydrogen) atoms. The molecule has 0 aromatic carbocycles. The van der Waals surface area contributed by atoms with Crippen LogP contribution in [-0.4, -0.2) is 29.6 Å². The molecule has 1 saturated carbocycles. The molecule has 2 unspecified atom stereocenters. The zero-order valence-corrected chi connectivity index (χ0v) is 8.92. The van der Waals surface area contributed by atoms with E-state index in [-0.39, 0.29) is 5.91 Å². The van der Waals surface area contributed by atoms with Crippen molar-refractivity contribution < 1.29 is 9.18 Å². The molecular weight excluding hydrogens is 181 g/mol. The lowest BCUT2D eigenvalue weighted by Crippen LogP contribution is -2.41. The van der Waals surface area contributed by atoms with E-state index in [9.17, 15) is 9.18 Å². The molecule has 0 aromatic rings. The van der Waals surface area contributed by atoms with Crippen LogP contribution in [0.3, 0.4) is 0 Å². The molecule has 2 fully saturated rings.